The van der Waals surface area contributed by atoms with E-state index in [1.54, 1.807) is 0 Å². The first kappa shape index (κ1) is 10.5. The van der Waals surface area contributed by atoms with Crippen LogP contribution in [0.4, 0.5) is 35.7 Å². The third-order valence-electron chi connectivity index (χ3n) is 1.61. The number of aromatic amines is 1. The van der Waals surface area contributed by atoms with Crippen molar-refractivity contribution in [1.29, 1.82) is 0 Å². The molecule has 0 aliphatic rings. The van der Waals surface area contributed by atoms with E-state index >= 15 is 0 Å². The van der Waals surface area contributed by atoms with Crippen molar-refractivity contribution in [2.45, 2.75) is 0 Å². The van der Waals surface area contributed by atoms with Gasteiger partial charge in [0.1, 0.15) is 0 Å². The summed E-state index contributed by atoms with van der Waals surface area (Å²) in [6.45, 7) is 0. The van der Waals surface area contributed by atoms with E-state index in [-0.39, 0.29) is 35.7 Å². The minimum atomic E-state index is -0.0185. The van der Waals surface area contributed by atoms with Gasteiger partial charge in [-0.05, 0) is 0 Å². The molecule has 0 aromatic carbocycles. The number of nitrogens with zero attached hydrogens (tertiary/aromatic N) is 5. The Labute approximate surface area is 94.7 Å². The van der Waals surface area contributed by atoms with Crippen LogP contribution in [0, 0.1) is 0 Å². The molecule has 0 saturated heterocycles. The van der Waals surface area contributed by atoms with Gasteiger partial charge in [0, 0.05) is 0 Å². The number of H-pyrrole nitrogens is 1. The Bertz CT molecular complexity index is 462. The number of nitrogen functional groups attached to an aromatic ring is 4. The fourth-order valence-electron chi connectivity index (χ4n) is 1.07. The smallest absolute Gasteiger partial charge is 0.329 e. The lowest BCUT2D eigenvalue weighted by Gasteiger charge is -2.00. The molecular weight excluding hydrogens is 226 g/mol. The highest BCUT2D eigenvalue weighted by Crippen LogP contribution is 2.08. The van der Waals surface area contributed by atoms with Crippen molar-refractivity contribution in [2.75, 3.05) is 28.3 Å². The summed E-state index contributed by atoms with van der Waals surface area (Å²) in [6, 6.07) is 0. The van der Waals surface area contributed by atoms with Crippen molar-refractivity contribution in [2.24, 2.45) is 0 Å². The normalized spacial score (nSPS) is 10.1. The van der Waals surface area contributed by atoms with Crippen LogP contribution in [0.15, 0.2) is 0 Å². The highest BCUT2D eigenvalue weighted by molar-refractivity contribution is 5.45. The fourth-order valence-corrected chi connectivity index (χ4v) is 1.07. The maximum Gasteiger partial charge on any atom is 0.329 e. The van der Waals surface area contributed by atoms with E-state index in [2.05, 4.69) is 35.2 Å². The van der Waals surface area contributed by atoms with Gasteiger partial charge in [-0.25, -0.2) is 10.3 Å². The third kappa shape index (κ3) is 2.53. The Morgan fingerprint density at radius 1 is 0.765 bits per heavy atom. The van der Waals surface area contributed by atoms with E-state index in [1.807, 2.05) is 0 Å². The number of nitrogens with one attached hydrogen (secondary N) is 2. The van der Waals surface area contributed by atoms with Crippen LogP contribution >= 0.6 is 0 Å². The van der Waals surface area contributed by atoms with Gasteiger partial charge in [0.15, 0.2) is 0 Å². The molecule has 17 heavy (non-hydrogen) atoms. The number of aromatic nitrogens is 6. The Balaban J connectivity index is 2.31. The monoisotopic (exact) mass is 236 g/mol. The average Bonchev–Trinajstić information content (AvgIpc) is 2.13. The Hall–Kier alpha value is -2.98. The van der Waals surface area contributed by atoms with Gasteiger partial charge in [-0.2, -0.15) is 15.0 Å². The van der Waals surface area contributed by atoms with Gasteiger partial charge < -0.3 is 22.9 Å². The quantitative estimate of drug-likeness (QED) is 0.373. The van der Waals surface area contributed by atoms with Gasteiger partial charge in [0.25, 0.3) is 5.95 Å². The molecule has 2 aromatic heterocycles. The summed E-state index contributed by atoms with van der Waals surface area (Å²) in [5.41, 5.74) is 21.6. The first-order chi connectivity index (χ1) is 8.02. The Morgan fingerprint density at radius 2 is 1.35 bits per heavy atom. The maximum absolute atomic E-state index is 5.44. The van der Waals surface area contributed by atoms with Crippen molar-refractivity contribution in [3.8, 4) is 0 Å². The number of hydrogen-bond acceptors (Lipinski definition) is 10. The molecule has 0 atom stereocenters. The second-order valence-corrected chi connectivity index (χ2v) is 2.94. The number of anilines is 6. The molecule has 0 bridgehead atoms. The lowest BCUT2D eigenvalue weighted by atomic mass is 10.7. The molecule has 0 unspecified atom stereocenters. The van der Waals surface area contributed by atoms with Gasteiger partial charge in [-0.3, -0.25) is 0 Å². The SMILES string of the molecule is Nc1nc(N)nc(Nc2nc(N)nc(N)[nH+]2)n1. The molecule has 0 saturated carbocycles. The standard InChI is InChI=1S/C6H9N11/c7-1-11-2(8)14-5(13-1)17-6-15-3(9)12-4(10)16-6/h(H9,7,8,9,10,11,12,13,14,15,16,17)/p+1. The van der Waals surface area contributed by atoms with Crippen LogP contribution in [-0.2, 0) is 0 Å². The Kier molecular flexibility index (Phi) is 2.40. The summed E-state index contributed by atoms with van der Waals surface area (Å²) < 4.78 is 0. The van der Waals surface area contributed by atoms with Crippen LogP contribution in [0.3, 0.4) is 0 Å². The molecular formula is C6H10N11+. The molecule has 10 N–H and O–H groups in total. The summed E-state index contributed by atoms with van der Waals surface area (Å²) >= 11 is 0. The van der Waals surface area contributed by atoms with Crippen LogP contribution < -0.4 is 33.2 Å². The van der Waals surface area contributed by atoms with E-state index in [0.29, 0.717) is 0 Å². The lowest BCUT2D eigenvalue weighted by molar-refractivity contribution is -0.350. The first-order valence-corrected chi connectivity index (χ1v) is 4.39. The molecule has 2 rings (SSSR count). The molecule has 11 nitrogen and oxygen atoms in total. The van der Waals surface area contributed by atoms with E-state index in [1.165, 1.54) is 0 Å². The molecule has 0 amide bonds. The van der Waals surface area contributed by atoms with Crippen molar-refractivity contribution < 1.29 is 4.98 Å². The predicted molar refractivity (Wildman–Crippen MR) is 59.3 cm³/mol. The highest BCUT2D eigenvalue weighted by atomic mass is 15.3. The molecule has 0 fully saturated rings. The summed E-state index contributed by atoms with van der Waals surface area (Å²) in [4.78, 5) is 21.3. The summed E-state index contributed by atoms with van der Waals surface area (Å²) in [7, 11) is 0. The van der Waals surface area contributed by atoms with Gasteiger partial charge in [0.05, 0.1) is 0 Å². The molecule has 2 heterocycles. The third-order valence-corrected chi connectivity index (χ3v) is 1.61. The van der Waals surface area contributed by atoms with Gasteiger partial charge in [-0.1, -0.05) is 9.97 Å². The molecule has 0 aliphatic carbocycles. The summed E-state index contributed by atoms with van der Waals surface area (Å²) in [5, 5.41) is 2.68. The van der Waals surface area contributed by atoms with E-state index in [4.69, 9.17) is 22.9 Å². The highest BCUT2D eigenvalue weighted by Gasteiger charge is 2.11. The van der Waals surface area contributed by atoms with Gasteiger partial charge in [-0.15, -0.1) is 0 Å². The molecule has 0 radical (unpaired) electrons. The van der Waals surface area contributed by atoms with Crippen LogP contribution in [0.5, 0.6) is 0 Å². The number of nitrogens with two attached hydrogens (primary N) is 4. The molecule has 2 aromatic rings. The zero-order chi connectivity index (χ0) is 12.4. The van der Waals surface area contributed by atoms with E-state index < -0.39 is 0 Å². The molecule has 0 aliphatic heterocycles. The number of rotatable bonds is 2. The fraction of sp³-hybridized carbons (Fsp3) is 0. The molecule has 88 valence electrons. The van der Waals surface area contributed by atoms with Gasteiger partial charge in [0.2, 0.25) is 11.9 Å². The second-order valence-electron chi connectivity index (χ2n) is 2.94. The van der Waals surface area contributed by atoms with Crippen molar-refractivity contribution in [3.63, 3.8) is 0 Å². The molecule has 0 spiro atoms. The largest absolute Gasteiger partial charge is 0.368 e. The predicted octanol–water partition coefficient (Wildman–Crippen LogP) is -2.45. The van der Waals surface area contributed by atoms with Crippen LogP contribution in [0.25, 0.3) is 0 Å². The second kappa shape index (κ2) is 3.88. The van der Waals surface area contributed by atoms with Crippen molar-refractivity contribution in [1.82, 2.24) is 24.9 Å². The number of hydrogen-bond donors (Lipinski definition) is 5. The maximum atomic E-state index is 5.44. The average molecular weight is 236 g/mol. The van der Waals surface area contributed by atoms with E-state index in [9.17, 15) is 0 Å². The van der Waals surface area contributed by atoms with Crippen LogP contribution in [0.2, 0.25) is 0 Å². The van der Waals surface area contributed by atoms with Crippen LogP contribution in [-0.4, -0.2) is 24.9 Å². The van der Waals surface area contributed by atoms with Crippen molar-refractivity contribution in [3.05, 3.63) is 0 Å². The topological polar surface area (TPSA) is 195 Å². The molecule has 11 heteroatoms. The van der Waals surface area contributed by atoms with Crippen LogP contribution in [0.1, 0.15) is 0 Å². The zero-order valence-corrected chi connectivity index (χ0v) is 8.55. The zero-order valence-electron chi connectivity index (χ0n) is 8.55. The minimum Gasteiger partial charge on any atom is -0.368 e. The van der Waals surface area contributed by atoms with Gasteiger partial charge >= 0.3 is 17.8 Å². The summed E-state index contributed by atoms with van der Waals surface area (Å²) in [5.74, 6) is 0.377. The Morgan fingerprint density at radius 3 is 1.94 bits per heavy atom. The lowest BCUT2D eigenvalue weighted by Crippen LogP contribution is -2.21. The first-order valence-electron chi connectivity index (χ1n) is 4.39. The summed E-state index contributed by atoms with van der Waals surface area (Å²) in [6.07, 6.45) is 0. The van der Waals surface area contributed by atoms with Crippen molar-refractivity contribution >= 4 is 35.7 Å². The van der Waals surface area contributed by atoms with E-state index in [0.717, 1.165) is 0 Å². The minimum absolute atomic E-state index is 0.00116.